The number of ether oxygens (including phenoxy) is 1. The van der Waals surface area contributed by atoms with Gasteiger partial charge in [0.2, 0.25) is 0 Å². The summed E-state index contributed by atoms with van der Waals surface area (Å²) < 4.78 is 17.9. The summed E-state index contributed by atoms with van der Waals surface area (Å²) in [5.41, 5.74) is 6.32. The number of hydrogen-bond acceptors (Lipinski definition) is 5. The fraction of sp³-hybridized carbons (Fsp3) is 0.188. The lowest BCUT2D eigenvalue weighted by molar-refractivity contribution is -0.135. The van der Waals surface area contributed by atoms with Crippen LogP contribution in [0.5, 0.6) is 5.75 Å². The number of hydrogen-bond donors (Lipinski definition) is 3. The highest BCUT2D eigenvalue weighted by Gasteiger charge is 2.12. The van der Waals surface area contributed by atoms with E-state index in [0.29, 0.717) is 23.2 Å². The summed E-state index contributed by atoms with van der Waals surface area (Å²) in [7, 11) is 1.37. The van der Waals surface area contributed by atoms with Crippen molar-refractivity contribution in [2.24, 2.45) is 5.73 Å². The van der Waals surface area contributed by atoms with Crippen LogP contribution in [0.2, 0.25) is 0 Å². The summed E-state index contributed by atoms with van der Waals surface area (Å²) in [4.78, 5) is 26.9. The number of nitrogens with two attached hydrogens (primary N) is 1. The average molecular weight is 332 g/mol. The first-order valence-electron chi connectivity index (χ1n) is 7.12. The van der Waals surface area contributed by atoms with Crippen LogP contribution in [0.25, 0.3) is 10.9 Å². The third-order valence-corrected chi connectivity index (χ3v) is 3.18. The second-order valence-electron chi connectivity index (χ2n) is 4.84. The van der Waals surface area contributed by atoms with Crippen molar-refractivity contribution in [1.29, 1.82) is 0 Å². The van der Waals surface area contributed by atoms with Gasteiger partial charge in [0.1, 0.15) is 18.2 Å². The minimum atomic E-state index is -0.795. The van der Waals surface area contributed by atoms with Crippen LogP contribution in [-0.2, 0) is 9.59 Å². The van der Waals surface area contributed by atoms with Gasteiger partial charge in [0.25, 0.3) is 0 Å². The molecule has 0 spiro atoms. The smallest absolute Gasteiger partial charge is 0.314 e. The van der Waals surface area contributed by atoms with Gasteiger partial charge in [0.05, 0.1) is 11.8 Å². The van der Waals surface area contributed by atoms with Crippen LogP contribution in [0.15, 0.2) is 42.2 Å². The van der Waals surface area contributed by atoms with Crippen molar-refractivity contribution in [3.05, 3.63) is 42.2 Å². The maximum absolute atomic E-state index is 12.4. The Morgan fingerprint density at radius 2 is 2.08 bits per heavy atom. The molecule has 0 bridgehead atoms. The lowest BCUT2D eigenvalue weighted by atomic mass is 10.2. The number of fused-ring (bicyclic) bond motifs is 1. The predicted molar refractivity (Wildman–Crippen MR) is 88.2 cm³/mol. The highest BCUT2D eigenvalue weighted by Crippen LogP contribution is 2.21. The molecule has 8 heteroatoms. The predicted octanol–water partition coefficient (Wildman–Crippen LogP) is 1.11. The first-order chi connectivity index (χ1) is 11.6. The molecule has 7 nitrogen and oxygen atoms in total. The molecule has 0 saturated carbocycles. The summed E-state index contributed by atoms with van der Waals surface area (Å²) in [6, 6.07) is 8.40. The molecular weight excluding hydrogens is 315 g/mol. The summed E-state index contributed by atoms with van der Waals surface area (Å²) in [6.45, 7) is 0.145. The van der Waals surface area contributed by atoms with E-state index in [1.54, 1.807) is 30.3 Å². The maximum Gasteiger partial charge on any atom is 0.314 e. The van der Waals surface area contributed by atoms with E-state index in [1.165, 1.54) is 7.05 Å². The van der Waals surface area contributed by atoms with Crippen molar-refractivity contribution in [3.63, 3.8) is 0 Å². The van der Waals surface area contributed by atoms with Gasteiger partial charge in [-0.15, -0.1) is 0 Å². The zero-order valence-electron chi connectivity index (χ0n) is 13.0. The van der Waals surface area contributed by atoms with Gasteiger partial charge in [-0.2, -0.15) is 0 Å². The summed E-state index contributed by atoms with van der Waals surface area (Å²) >= 11 is 0. The Morgan fingerprint density at radius 3 is 2.75 bits per heavy atom. The van der Waals surface area contributed by atoms with Crippen molar-refractivity contribution < 1.29 is 18.7 Å². The number of carbonyl (C=O) groups excluding carboxylic acids is 2. The van der Waals surface area contributed by atoms with Crippen molar-refractivity contribution in [2.75, 3.05) is 25.5 Å². The third kappa shape index (κ3) is 4.26. The highest BCUT2D eigenvalue weighted by molar-refractivity contribution is 6.39. The van der Waals surface area contributed by atoms with Gasteiger partial charge in [-0.25, -0.2) is 9.37 Å². The van der Waals surface area contributed by atoms with Crippen LogP contribution in [0.3, 0.4) is 0 Å². The van der Waals surface area contributed by atoms with Gasteiger partial charge < -0.3 is 21.1 Å². The quantitative estimate of drug-likeness (QED) is 0.711. The van der Waals surface area contributed by atoms with E-state index >= 15 is 0 Å². The Hall–Kier alpha value is -3.00. The van der Waals surface area contributed by atoms with Crippen molar-refractivity contribution >= 4 is 28.5 Å². The molecule has 1 heterocycles. The molecule has 0 unspecified atom stereocenters. The molecule has 2 aromatic rings. The summed E-state index contributed by atoms with van der Waals surface area (Å²) in [6.07, 6.45) is 0.435. The Bertz CT molecular complexity index is 792. The van der Waals surface area contributed by atoms with Crippen molar-refractivity contribution in [3.8, 4) is 5.75 Å². The second kappa shape index (κ2) is 8.02. The minimum Gasteiger partial charge on any atom is -0.489 e. The lowest BCUT2D eigenvalue weighted by Crippen LogP contribution is -2.32. The Balaban J connectivity index is 2.13. The second-order valence-corrected chi connectivity index (χ2v) is 4.84. The van der Waals surface area contributed by atoms with Gasteiger partial charge in [-0.3, -0.25) is 9.59 Å². The number of amides is 2. The van der Waals surface area contributed by atoms with E-state index in [0.717, 1.165) is 5.39 Å². The van der Waals surface area contributed by atoms with Crippen molar-refractivity contribution in [1.82, 2.24) is 10.3 Å². The molecule has 0 radical (unpaired) electrons. The van der Waals surface area contributed by atoms with Crippen LogP contribution in [-0.4, -0.2) is 37.0 Å². The number of benzene rings is 1. The number of rotatable bonds is 5. The summed E-state index contributed by atoms with van der Waals surface area (Å²) in [5, 5.41) is 5.39. The largest absolute Gasteiger partial charge is 0.489 e. The molecule has 2 rings (SSSR count). The molecule has 24 heavy (non-hydrogen) atoms. The number of nitrogens with zero attached hydrogens (tertiary/aromatic N) is 1. The van der Waals surface area contributed by atoms with Crippen LogP contribution >= 0.6 is 0 Å². The number of anilines is 1. The van der Waals surface area contributed by atoms with E-state index < -0.39 is 11.8 Å². The molecule has 4 N–H and O–H groups in total. The molecule has 0 atom stereocenters. The van der Waals surface area contributed by atoms with Gasteiger partial charge in [0.15, 0.2) is 0 Å². The molecule has 2 amide bonds. The minimum absolute atomic E-state index is 0.0617. The molecule has 1 aromatic heterocycles. The average Bonchev–Trinajstić information content (AvgIpc) is 2.61. The fourth-order valence-electron chi connectivity index (χ4n) is 1.86. The molecule has 0 aliphatic heterocycles. The number of halogens is 1. The van der Waals surface area contributed by atoms with Crippen molar-refractivity contribution in [2.45, 2.75) is 0 Å². The van der Waals surface area contributed by atoms with Crippen LogP contribution in [0.4, 0.5) is 10.2 Å². The van der Waals surface area contributed by atoms with Crippen LogP contribution in [0.1, 0.15) is 0 Å². The zero-order valence-corrected chi connectivity index (χ0v) is 13.0. The number of pyridine rings is 1. The highest BCUT2D eigenvalue weighted by atomic mass is 19.1. The summed E-state index contributed by atoms with van der Waals surface area (Å²) in [5.74, 6) is -0.747. The van der Waals surface area contributed by atoms with E-state index in [-0.39, 0.29) is 19.0 Å². The standard InChI is InChI=1S/C16H17FN4O3/c1-19-15(22)16(23)21-14-5-2-11-6-12(3-4-13(11)20-14)24-9-10(7-17)8-18/h2-7H,8-9,18H2,1H3,(H,19,22)(H,20,21,23)/b10-7+. The van der Waals surface area contributed by atoms with Gasteiger partial charge >= 0.3 is 11.8 Å². The third-order valence-electron chi connectivity index (χ3n) is 3.18. The van der Waals surface area contributed by atoms with Gasteiger partial charge in [-0.05, 0) is 30.3 Å². The monoisotopic (exact) mass is 332 g/mol. The topological polar surface area (TPSA) is 106 Å². The molecule has 0 fully saturated rings. The van der Waals surface area contributed by atoms with Gasteiger partial charge in [0, 0.05) is 24.6 Å². The molecule has 1 aromatic carbocycles. The molecule has 0 saturated heterocycles. The molecule has 0 aliphatic rings. The van der Waals surface area contributed by atoms with E-state index in [1.807, 2.05) is 0 Å². The van der Waals surface area contributed by atoms with Crippen LogP contribution < -0.4 is 21.1 Å². The number of aromatic nitrogens is 1. The first kappa shape index (κ1) is 17.4. The maximum atomic E-state index is 12.4. The Morgan fingerprint density at radius 1 is 1.29 bits per heavy atom. The van der Waals surface area contributed by atoms with Gasteiger partial charge in [-0.1, -0.05) is 0 Å². The Kier molecular flexibility index (Phi) is 5.80. The first-order valence-corrected chi connectivity index (χ1v) is 7.12. The zero-order chi connectivity index (χ0) is 17.5. The SMILES string of the molecule is CNC(=O)C(=O)Nc1ccc2cc(OC/C(=C/F)CN)ccc2n1. The van der Waals surface area contributed by atoms with Crippen LogP contribution in [0, 0.1) is 0 Å². The number of likely N-dealkylation sites (N-methyl/N-ethyl adjacent to an activating group) is 1. The lowest BCUT2D eigenvalue weighted by Gasteiger charge is -2.09. The van der Waals surface area contributed by atoms with E-state index in [4.69, 9.17) is 10.5 Å². The normalized spacial score (nSPS) is 11.2. The molecule has 126 valence electrons. The fourth-order valence-corrected chi connectivity index (χ4v) is 1.86. The van der Waals surface area contributed by atoms with E-state index in [9.17, 15) is 14.0 Å². The Labute approximate surface area is 137 Å². The number of nitrogens with one attached hydrogen (secondary N) is 2. The van der Waals surface area contributed by atoms with E-state index in [2.05, 4.69) is 15.6 Å². The molecular formula is C16H17FN4O3. The number of carbonyl (C=O) groups is 2. The molecule has 0 aliphatic carbocycles.